The average molecular weight is 371 g/mol. The van der Waals surface area contributed by atoms with E-state index in [2.05, 4.69) is 30.7 Å². The highest BCUT2D eigenvalue weighted by atomic mass is 19.1. The van der Waals surface area contributed by atoms with Crippen molar-refractivity contribution in [3.8, 4) is 0 Å². The molecule has 0 unspecified atom stereocenters. The first-order chi connectivity index (χ1) is 12.8. The number of nitrogens with zero attached hydrogens (tertiary/aromatic N) is 1. The fraction of sp³-hybridized carbons (Fsp3) is 0.391. The Hall–Kier alpha value is -2.49. The molecule has 0 spiro atoms. The average Bonchev–Trinajstić information content (AvgIpc) is 2.66. The van der Waals surface area contributed by atoms with Crippen LogP contribution in [0.15, 0.2) is 43.0 Å². The van der Waals surface area contributed by atoms with Crippen LogP contribution < -0.4 is 5.32 Å². The van der Waals surface area contributed by atoms with E-state index in [4.69, 9.17) is 0 Å². The van der Waals surface area contributed by atoms with E-state index < -0.39 is 0 Å². The van der Waals surface area contributed by atoms with Crippen LogP contribution in [0.5, 0.6) is 0 Å². The molecule has 1 aromatic heterocycles. The van der Waals surface area contributed by atoms with Gasteiger partial charge in [0.1, 0.15) is 11.5 Å². The zero-order chi connectivity index (χ0) is 20.4. The molecule has 1 atom stereocenters. The quantitative estimate of drug-likeness (QED) is 0.567. The summed E-state index contributed by atoms with van der Waals surface area (Å²) in [5.41, 5.74) is 4.21. The number of anilines is 1. The number of nitrogens with one attached hydrogen (secondary N) is 1. The highest BCUT2D eigenvalue weighted by Gasteiger charge is 2.07. The second-order valence-corrected chi connectivity index (χ2v) is 6.77. The van der Waals surface area contributed by atoms with Gasteiger partial charge in [0, 0.05) is 14.0 Å². The first-order valence-electron chi connectivity index (χ1n) is 9.41. The number of unbranched alkanes of at least 4 members (excludes halogenated alkanes) is 1. The third-order valence-corrected chi connectivity index (χ3v) is 4.36. The number of benzene rings is 1. The molecule has 27 heavy (non-hydrogen) atoms. The molecule has 0 aliphatic heterocycles. The molecule has 2 aromatic rings. The number of hydrogen-bond acceptors (Lipinski definition) is 3. The number of ketones is 1. The van der Waals surface area contributed by atoms with E-state index in [1.807, 2.05) is 32.2 Å². The lowest BCUT2D eigenvalue weighted by Gasteiger charge is -2.10. The maximum Gasteiger partial charge on any atom is 0.178 e. The molecule has 0 amide bonds. The standard InChI is InChI=1S/C12H17F.C11H14N2O/c1-3-4-5-10(2)11-6-8-12(13)9-7-11;1-7(2)11-10(12-4)6-5-9(13-11)8(3)14/h6-10H,3-5H2,1-2H3;5-6,12H,1H2,2-4H3/t10-;/m0./s1. The normalized spacial score (nSPS) is 11.2. The topological polar surface area (TPSA) is 42.0 Å². The van der Waals surface area contributed by atoms with E-state index in [0.29, 0.717) is 11.6 Å². The Labute approximate surface area is 162 Å². The fourth-order valence-electron chi connectivity index (χ4n) is 2.65. The zero-order valence-electron chi connectivity index (χ0n) is 17.1. The highest BCUT2D eigenvalue weighted by Crippen LogP contribution is 2.21. The minimum absolute atomic E-state index is 0.0323. The first-order valence-corrected chi connectivity index (χ1v) is 9.41. The molecule has 1 N–H and O–H groups in total. The summed E-state index contributed by atoms with van der Waals surface area (Å²) in [5.74, 6) is 0.377. The van der Waals surface area contributed by atoms with Crippen LogP contribution in [0.25, 0.3) is 5.57 Å². The molecule has 4 heteroatoms. The van der Waals surface area contributed by atoms with Gasteiger partial charge in [-0.15, -0.1) is 0 Å². The lowest BCUT2D eigenvalue weighted by Crippen LogP contribution is -2.03. The van der Waals surface area contributed by atoms with Crippen LogP contribution in [0.4, 0.5) is 10.1 Å². The number of hydrogen-bond donors (Lipinski definition) is 1. The van der Waals surface area contributed by atoms with Gasteiger partial charge in [0.05, 0.1) is 11.4 Å². The second-order valence-electron chi connectivity index (χ2n) is 6.77. The highest BCUT2D eigenvalue weighted by molar-refractivity contribution is 5.93. The number of carbonyl (C=O) groups excluding carboxylic acids is 1. The number of allylic oxidation sites excluding steroid dienone is 1. The van der Waals surface area contributed by atoms with Crippen LogP contribution in [0, 0.1) is 5.82 Å². The van der Waals surface area contributed by atoms with Gasteiger partial charge >= 0.3 is 0 Å². The molecule has 1 heterocycles. The molecule has 0 aliphatic carbocycles. The Balaban J connectivity index is 0.000000271. The van der Waals surface area contributed by atoms with Crippen LogP contribution >= 0.6 is 0 Å². The molecule has 0 fully saturated rings. The van der Waals surface area contributed by atoms with Crippen molar-refractivity contribution in [1.29, 1.82) is 0 Å². The van der Waals surface area contributed by atoms with Gasteiger partial charge < -0.3 is 5.32 Å². The number of Topliss-reactive ketones (excluding diaryl/α,β-unsaturated/α-hetero) is 1. The van der Waals surface area contributed by atoms with E-state index in [1.54, 1.807) is 6.07 Å². The first kappa shape index (κ1) is 22.6. The van der Waals surface area contributed by atoms with Gasteiger partial charge in [-0.2, -0.15) is 0 Å². The third kappa shape index (κ3) is 7.33. The lowest BCUT2D eigenvalue weighted by molar-refractivity contribution is 0.101. The van der Waals surface area contributed by atoms with Crippen molar-refractivity contribution in [3.63, 3.8) is 0 Å². The van der Waals surface area contributed by atoms with Gasteiger partial charge in [0.25, 0.3) is 0 Å². The smallest absolute Gasteiger partial charge is 0.178 e. The number of pyridine rings is 1. The van der Waals surface area contributed by atoms with Crippen LogP contribution in [0.2, 0.25) is 0 Å². The van der Waals surface area contributed by atoms with E-state index in [0.717, 1.165) is 17.0 Å². The van der Waals surface area contributed by atoms with Crippen LogP contribution in [0.1, 0.15) is 74.6 Å². The van der Waals surface area contributed by atoms with Gasteiger partial charge in [-0.3, -0.25) is 4.79 Å². The Bertz CT molecular complexity index is 753. The molecule has 0 saturated heterocycles. The predicted molar refractivity (Wildman–Crippen MR) is 113 cm³/mol. The molecule has 1 aromatic carbocycles. The van der Waals surface area contributed by atoms with Gasteiger partial charge in [0.15, 0.2) is 5.78 Å². The van der Waals surface area contributed by atoms with Crippen molar-refractivity contribution in [2.24, 2.45) is 0 Å². The van der Waals surface area contributed by atoms with Gasteiger partial charge in [0.2, 0.25) is 0 Å². The van der Waals surface area contributed by atoms with Gasteiger partial charge in [-0.05, 0) is 54.7 Å². The molecule has 0 radical (unpaired) electrons. The Morgan fingerprint density at radius 1 is 1.19 bits per heavy atom. The summed E-state index contributed by atoms with van der Waals surface area (Å²) >= 11 is 0. The number of halogens is 1. The molecule has 0 saturated carbocycles. The third-order valence-electron chi connectivity index (χ3n) is 4.36. The van der Waals surface area contributed by atoms with E-state index >= 15 is 0 Å². The molecule has 146 valence electrons. The summed E-state index contributed by atoms with van der Waals surface area (Å²) in [6.07, 6.45) is 3.67. The van der Waals surface area contributed by atoms with Crippen LogP contribution in [0.3, 0.4) is 0 Å². The molecular weight excluding hydrogens is 339 g/mol. The summed E-state index contributed by atoms with van der Waals surface area (Å²) in [5, 5.41) is 3.01. The SMILES string of the molecule is C=C(C)c1nc(C(C)=O)ccc1NC.CCCC[C@H](C)c1ccc(F)cc1. The van der Waals surface area contributed by atoms with Gasteiger partial charge in [-0.25, -0.2) is 9.37 Å². The summed E-state index contributed by atoms with van der Waals surface area (Å²) in [7, 11) is 1.82. The fourth-order valence-corrected chi connectivity index (χ4v) is 2.65. The summed E-state index contributed by atoms with van der Waals surface area (Å²) in [6, 6.07) is 10.4. The van der Waals surface area contributed by atoms with Crippen LogP contribution in [-0.4, -0.2) is 17.8 Å². The molecule has 0 aliphatic rings. The van der Waals surface area contributed by atoms with Crippen molar-refractivity contribution >= 4 is 17.0 Å². The number of carbonyl (C=O) groups is 1. The molecule has 3 nitrogen and oxygen atoms in total. The van der Waals surface area contributed by atoms with Crippen molar-refractivity contribution in [3.05, 3.63) is 65.7 Å². The Morgan fingerprint density at radius 3 is 2.30 bits per heavy atom. The molecule has 2 rings (SSSR count). The van der Waals surface area contributed by atoms with Crippen molar-refractivity contribution in [2.45, 2.75) is 52.9 Å². The lowest BCUT2D eigenvalue weighted by atomic mass is 9.96. The predicted octanol–water partition coefficient (Wildman–Crippen LogP) is 6.48. The number of rotatable bonds is 7. The van der Waals surface area contributed by atoms with Crippen molar-refractivity contribution < 1.29 is 9.18 Å². The summed E-state index contributed by atoms with van der Waals surface area (Å²) in [6.45, 7) is 11.6. The van der Waals surface area contributed by atoms with E-state index in [9.17, 15) is 9.18 Å². The minimum atomic E-state index is -0.147. The van der Waals surface area contributed by atoms with Crippen molar-refractivity contribution in [1.82, 2.24) is 4.98 Å². The van der Waals surface area contributed by atoms with Gasteiger partial charge in [-0.1, -0.05) is 45.4 Å². The maximum atomic E-state index is 12.6. The minimum Gasteiger partial charge on any atom is -0.386 e. The Morgan fingerprint density at radius 2 is 1.81 bits per heavy atom. The largest absolute Gasteiger partial charge is 0.386 e. The van der Waals surface area contributed by atoms with E-state index in [-0.39, 0.29) is 11.6 Å². The molecule has 0 bridgehead atoms. The summed E-state index contributed by atoms with van der Waals surface area (Å²) in [4.78, 5) is 15.3. The monoisotopic (exact) mass is 370 g/mol. The number of aromatic nitrogens is 1. The summed E-state index contributed by atoms with van der Waals surface area (Å²) < 4.78 is 12.6. The zero-order valence-corrected chi connectivity index (χ0v) is 17.1. The van der Waals surface area contributed by atoms with Crippen LogP contribution in [-0.2, 0) is 0 Å². The Kier molecular flexibility index (Phi) is 9.41. The maximum absolute atomic E-state index is 12.6. The molecular formula is C23H31FN2O. The van der Waals surface area contributed by atoms with Crippen molar-refractivity contribution in [2.75, 3.05) is 12.4 Å². The second kappa shape index (κ2) is 11.3. The van der Waals surface area contributed by atoms with E-state index in [1.165, 1.54) is 43.9 Å².